The highest BCUT2D eigenvalue weighted by Gasteiger charge is 2.09. The van der Waals surface area contributed by atoms with E-state index in [9.17, 15) is 5.11 Å². The number of aliphatic hydroxyl groups is 1. The second-order valence-corrected chi connectivity index (χ2v) is 4.52. The van der Waals surface area contributed by atoms with Gasteiger partial charge in [-0.05, 0) is 42.7 Å². The largest absolute Gasteiger partial charge is 0.467 e. The molecule has 3 nitrogen and oxygen atoms in total. The maximum absolute atomic E-state index is 9.86. The molecule has 1 aromatic carbocycles. The molecule has 0 amide bonds. The van der Waals surface area contributed by atoms with Crippen LogP contribution in [0.25, 0.3) is 0 Å². The minimum absolute atomic E-state index is 0.487. The molecule has 0 fully saturated rings. The maximum Gasteiger partial charge on any atom is 0.133 e. The molecule has 0 saturated heterocycles. The first-order chi connectivity index (χ1) is 8.68. The number of benzene rings is 1. The summed E-state index contributed by atoms with van der Waals surface area (Å²) < 4.78 is 5.15. The smallest absolute Gasteiger partial charge is 0.133 e. The van der Waals surface area contributed by atoms with Gasteiger partial charge in [0.25, 0.3) is 0 Å². The summed E-state index contributed by atoms with van der Waals surface area (Å²) in [7, 11) is 0. The van der Waals surface area contributed by atoms with Crippen molar-refractivity contribution in [2.75, 3.05) is 6.54 Å². The van der Waals surface area contributed by atoms with E-state index in [4.69, 9.17) is 4.42 Å². The monoisotopic (exact) mass is 245 g/mol. The first-order valence-corrected chi connectivity index (χ1v) is 6.15. The summed E-state index contributed by atoms with van der Waals surface area (Å²) in [4.78, 5) is 0. The highest BCUT2D eigenvalue weighted by molar-refractivity contribution is 5.32. The van der Waals surface area contributed by atoms with Crippen LogP contribution < -0.4 is 5.32 Å². The second kappa shape index (κ2) is 5.85. The van der Waals surface area contributed by atoms with Crippen LogP contribution in [0.15, 0.2) is 41.0 Å². The summed E-state index contributed by atoms with van der Waals surface area (Å²) in [6, 6.07) is 9.83. The molecule has 0 bridgehead atoms. The third kappa shape index (κ3) is 3.00. The van der Waals surface area contributed by atoms with Gasteiger partial charge in [0, 0.05) is 13.1 Å². The quantitative estimate of drug-likeness (QED) is 0.851. The molecule has 1 atom stereocenters. The van der Waals surface area contributed by atoms with Crippen LogP contribution in [-0.2, 0) is 6.54 Å². The van der Waals surface area contributed by atoms with Crippen LogP contribution in [-0.4, -0.2) is 11.7 Å². The van der Waals surface area contributed by atoms with Gasteiger partial charge in [-0.2, -0.15) is 0 Å². The number of aryl methyl sites for hydroxylation is 1. The molecule has 2 rings (SSSR count). The van der Waals surface area contributed by atoms with E-state index >= 15 is 0 Å². The molecule has 1 aromatic heterocycles. The lowest BCUT2D eigenvalue weighted by Gasteiger charge is -2.12. The molecule has 3 heteroatoms. The van der Waals surface area contributed by atoms with Gasteiger partial charge < -0.3 is 14.8 Å². The normalized spacial score (nSPS) is 12.6. The molecule has 0 aliphatic heterocycles. The Labute approximate surface area is 107 Å². The number of hydrogen-bond donors (Lipinski definition) is 2. The van der Waals surface area contributed by atoms with Crippen molar-refractivity contribution in [1.82, 2.24) is 5.32 Å². The van der Waals surface area contributed by atoms with Crippen LogP contribution in [0.5, 0.6) is 0 Å². The van der Waals surface area contributed by atoms with Crippen LogP contribution in [0, 0.1) is 13.8 Å². The first kappa shape index (κ1) is 12.9. The van der Waals surface area contributed by atoms with Crippen LogP contribution in [0.4, 0.5) is 0 Å². The molecule has 96 valence electrons. The number of aliphatic hydroxyl groups excluding tert-OH is 1. The summed E-state index contributed by atoms with van der Waals surface area (Å²) in [5.41, 5.74) is 3.86. The van der Waals surface area contributed by atoms with Gasteiger partial charge in [0.15, 0.2) is 0 Å². The summed E-state index contributed by atoms with van der Waals surface area (Å²) in [6.07, 6.45) is 0.980. The minimum atomic E-state index is -0.592. The molecule has 0 saturated carbocycles. The molecule has 2 aromatic rings. The van der Waals surface area contributed by atoms with Gasteiger partial charge in [-0.15, -0.1) is 0 Å². The summed E-state index contributed by atoms with van der Waals surface area (Å²) in [6.45, 7) is 5.47. The average molecular weight is 245 g/mol. The standard InChI is InChI=1S/C15H19NO2/c1-11-5-3-6-13(12(11)2)9-16-10-14(17)15-7-4-8-18-15/h3-8,14,16-17H,9-10H2,1-2H3. The molecule has 0 spiro atoms. The third-order valence-electron chi connectivity index (χ3n) is 3.24. The fraction of sp³-hybridized carbons (Fsp3) is 0.333. The van der Waals surface area contributed by atoms with Gasteiger partial charge in [-0.3, -0.25) is 0 Å². The van der Waals surface area contributed by atoms with Crippen molar-refractivity contribution in [2.45, 2.75) is 26.5 Å². The van der Waals surface area contributed by atoms with E-state index in [1.807, 2.05) is 0 Å². The Bertz CT molecular complexity index is 491. The van der Waals surface area contributed by atoms with E-state index in [1.165, 1.54) is 16.7 Å². The van der Waals surface area contributed by atoms with Crippen molar-refractivity contribution in [1.29, 1.82) is 0 Å². The predicted molar refractivity (Wildman–Crippen MR) is 71.3 cm³/mol. The molecule has 0 radical (unpaired) electrons. The Kier molecular flexibility index (Phi) is 4.18. The van der Waals surface area contributed by atoms with Crippen LogP contribution in [0.3, 0.4) is 0 Å². The van der Waals surface area contributed by atoms with Gasteiger partial charge in [-0.25, -0.2) is 0 Å². The number of hydrogen-bond acceptors (Lipinski definition) is 3. The maximum atomic E-state index is 9.86. The molecular weight excluding hydrogens is 226 g/mol. The van der Waals surface area contributed by atoms with Crippen LogP contribution >= 0.6 is 0 Å². The van der Waals surface area contributed by atoms with E-state index in [2.05, 4.69) is 37.4 Å². The zero-order valence-electron chi connectivity index (χ0n) is 10.8. The minimum Gasteiger partial charge on any atom is -0.467 e. The fourth-order valence-corrected chi connectivity index (χ4v) is 1.93. The Morgan fingerprint density at radius 2 is 2.06 bits per heavy atom. The SMILES string of the molecule is Cc1cccc(CNCC(O)c2ccco2)c1C. The molecular formula is C15H19NO2. The molecule has 18 heavy (non-hydrogen) atoms. The summed E-state index contributed by atoms with van der Waals surface area (Å²) >= 11 is 0. The van der Waals surface area contributed by atoms with Gasteiger partial charge in [-0.1, -0.05) is 18.2 Å². The molecule has 0 aliphatic carbocycles. The van der Waals surface area contributed by atoms with Crippen molar-refractivity contribution in [3.63, 3.8) is 0 Å². The lowest BCUT2D eigenvalue weighted by Crippen LogP contribution is -2.21. The molecule has 2 N–H and O–H groups in total. The average Bonchev–Trinajstić information content (AvgIpc) is 2.88. The van der Waals surface area contributed by atoms with E-state index in [0.717, 1.165) is 6.54 Å². The lowest BCUT2D eigenvalue weighted by molar-refractivity contribution is 0.147. The van der Waals surface area contributed by atoms with Crippen LogP contribution in [0.2, 0.25) is 0 Å². The Hall–Kier alpha value is -1.58. The summed E-state index contributed by atoms with van der Waals surface area (Å²) in [5, 5.41) is 13.1. The van der Waals surface area contributed by atoms with E-state index in [0.29, 0.717) is 12.3 Å². The highest BCUT2D eigenvalue weighted by Crippen LogP contribution is 2.14. The van der Waals surface area contributed by atoms with Gasteiger partial charge in [0.05, 0.1) is 6.26 Å². The van der Waals surface area contributed by atoms with Gasteiger partial charge >= 0.3 is 0 Å². The lowest BCUT2D eigenvalue weighted by atomic mass is 10.0. The highest BCUT2D eigenvalue weighted by atomic mass is 16.4. The van der Waals surface area contributed by atoms with Crippen molar-refractivity contribution in [3.8, 4) is 0 Å². The molecule has 1 unspecified atom stereocenters. The summed E-state index contributed by atoms with van der Waals surface area (Å²) in [5.74, 6) is 0.600. The van der Waals surface area contributed by atoms with E-state index < -0.39 is 6.10 Å². The van der Waals surface area contributed by atoms with Crippen molar-refractivity contribution in [3.05, 3.63) is 59.0 Å². The van der Waals surface area contributed by atoms with E-state index in [-0.39, 0.29) is 0 Å². The fourth-order valence-electron chi connectivity index (χ4n) is 1.93. The number of furan rings is 1. The number of rotatable bonds is 5. The number of nitrogens with one attached hydrogen (secondary N) is 1. The zero-order valence-corrected chi connectivity index (χ0v) is 10.8. The third-order valence-corrected chi connectivity index (χ3v) is 3.24. The first-order valence-electron chi connectivity index (χ1n) is 6.15. The zero-order chi connectivity index (χ0) is 13.0. The second-order valence-electron chi connectivity index (χ2n) is 4.52. The predicted octanol–water partition coefficient (Wildman–Crippen LogP) is 2.72. The van der Waals surface area contributed by atoms with E-state index in [1.54, 1.807) is 18.4 Å². The Balaban J connectivity index is 1.87. The van der Waals surface area contributed by atoms with Crippen LogP contribution in [0.1, 0.15) is 28.6 Å². The van der Waals surface area contributed by atoms with Crippen molar-refractivity contribution in [2.24, 2.45) is 0 Å². The topological polar surface area (TPSA) is 45.4 Å². The Morgan fingerprint density at radius 1 is 1.22 bits per heavy atom. The molecule has 1 heterocycles. The van der Waals surface area contributed by atoms with Crippen molar-refractivity contribution < 1.29 is 9.52 Å². The van der Waals surface area contributed by atoms with Gasteiger partial charge in [0.2, 0.25) is 0 Å². The Morgan fingerprint density at radius 3 is 2.78 bits per heavy atom. The van der Waals surface area contributed by atoms with Gasteiger partial charge in [0.1, 0.15) is 11.9 Å². The molecule has 0 aliphatic rings. The van der Waals surface area contributed by atoms with Crippen molar-refractivity contribution >= 4 is 0 Å².